The van der Waals surface area contributed by atoms with Crippen LogP contribution in [0, 0.1) is 0 Å². The first-order valence-corrected chi connectivity index (χ1v) is 8.11. The van der Waals surface area contributed by atoms with E-state index >= 15 is 0 Å². The van der Waals surface area contributed by atoms with E-state index in [0.29, 0.717) is 10.0 Å². The Morgan fingerprint density at radius 2 is 2.18 bits per heavy atom. The maximum Gasteiger partial charge on any atom is 0.211 e. The van der Waals surface area contributed by atoms with Crippen LogP contribution in [-0.4, -0.2) is 27.5 Å². The molecule has 0 amide bonds. The standard InChI is InChI=1S/C13H12Cl2N6S/c14-7-1-2-8(9(15)5-7)11-10(6-18-20-12(16)17)21-3-4-22-13(21)19-11/h1-2,5-6H,3-4H2,(H4,16,17,20)/b18-6-. The second-order valence-electron chi connectivity index (χ2n) is 4.52. The van der Waals surface area contributed by atoms with Crippen LogP contribution in [0.25, 0.3) is 11.3 Å². The van der Waals surface area contributed by atoms with E-state index in [1.165, 1.54) is 0 Å². The molecule has 6 nitrogen and oxygen atoms in total. The second-order valence-corrected chi connectivity index (χ2v) is 6.43. The Bertz CT molecular complexity index is 779. The van der Waals surface area contributed by atoms with Gasteiger partial charge in [0.15, 0.2) is 5.16 Å². The Morgan fingerprint density at radius 3 is 2.91 bits per heavy atom. The van der Waals surface area contributed by atoms with Gasteiger partial charge in [-0.3, -0.25) is 0 Å². The van der Waals surface area contributed by atoms with Crippen molar-refractivity contribution in [1.29, 1.82) is 0 Å². The molecule has 0 unspecified atom stereocenters. The van der Waals surface area contributed by atoms with Gasteiger partial charge >= 0.3 is 0 Å². The van der Waals surface area contributed by atoms with Crippen LogP contribution in [0.15, 0.2) is 33.6 Å². The van der Waals surface area contributed by atoms with E-state index in [0.717, 1.165) is 34.4 Å². The van der Waals surface area contributed by atoms with Gasteiger partial charge in [0.25, 0.3) is 0 Å². The zero-order chi connectivity index (χ0) is 15.7. The van der Waals surface area contributed by atoms with Gasteiger partial charge in [-0.1, -0.05) is 35.0 Å². The van der Waals surface area contributed by atoms with E-state index in [9.17, 15) is 0 Å². The molecule has 2 heterocycles. The summed E-state index contributed by atoms with van der Waals surface area (Å²) < 4.78 is 2.07. The number of halogens is 2. The molecule has 0 spiro atoms. The van der Waals surface area contributed by atoms with Gasteiger partial charge in [-0.15, -0.1) is 5.10 Å². The van der Waals surface area contributed by atoms with Crippen molar-refractivity contribution in [3.8, 4) is 11.3 Å². The summed E-state index contributed by atoms with van der Waals surface area (Å²) >= 11 is 13.9. The molecule has 114 valence electrons. The fourth-order valence-corrected chi connectivity index (χ4v) is 3.62. The normalized spacial score (nSPS) is 13.5. The SMILES string of the molecule is NC(N)=N/N=C\c1c(-c2ccc(Cl)cc2Cl)nc2n1CCS2. The molecule has 0 saturated carbocycles. The van der Waals surface area contributed by atoms with Crippen LogP contribution >= 0.6 is 35.0 Å². The van der Waals surface area contributed by atoms with Crippen LogP contribution < -0.4 is 11.5 Å². The summed E-state index contributed by atoms with van der Waals surface area (Å²) in [5.74, 6) is 0.873. The minimum absolute atomic E-state index is 0.0992. The van der Waals surface area contributed by atoms with Crippen LogP contribution in [0.2, 0.25) is 10.0 Å². The zero-order valence-corrected chi connectivity index (χ0v) is 13.7. The van der Waals surface area contributed by atoms with Crippen molar-refractivity contribution in [2.45, 2.75) is 11.7 Å². The first-order valence-electron chi connectivity index (χ1n) is 6.37. The van der Waals surface area contributed by atoms with Gasteiger partial charge in [-0.25, -0.2) is 4.98 Å². The van der Waals surface area contributed by atoms with Crippen LogP contribution in [0.3, 0.4) is 0 Å². The minimum atomic E-state index is -0.0992. The number of hydrogen-bond donors (Lipinski definition) is 2. The minimum Gasteiger partial charge on any atom is -0.369 e. The predicted octanol–water partition coefficient (Wildman–Crippen LogP) is 2.57. The molecular weight excluding hydrogens is 343 g/mol. The summed E-state index contributed by atoms with van der Waals surface area (Å²) in [7, 11) is 0. The van der Waals surface area contributed by atoms with Gasteiger partial charge in [0, 0.05) is 22.9 Å². The third kappa shape index (κ3) is 2.92. The average molecular weight is 355 g/mol. The van der Waals surface area contributed by atoms with E-state index in [2.05, 4.69) is 19.8 Å². The van der Waals surface area contributed by atoms with E-state index in [1.54, 1.807) is 30.1 Å². The van der Waals surface area contributed by atoms with E-state index in [4.69, 9.17) is 34.7 Å². The molecule has 9 heteroatoms. The average Bonchev–Trinajstić information content (AvgIpc) is 3.01. The quantitative estimate of drug-likeness (QED) is 0.503. The molecule has 0 saturated heterocycles. The van der Waals surface area contributed by atoms with Gasteiger partial charge in [0.2, 0.25) is 5.96 Å². The lowest BCUT2D eigenvalue weighted by atomic mass is 10.1. The maximum atomic E-state index is 6.29. The number of nitrogens with zero attached hydrogens (tertiary/aromatic N) is 4. The molecule has 1 aliphatic heterocycles. The molecule has 1 aromatic carbocycles. The number of rotatable bonds is 3. The van der Waals surface area contributed by atoms with E-state index in [1.807, 2.05) is 6.07 Å². The number of nitrogens with two attached hydrogens (primary N) is 2. The molecule has 0 bridgehead atoms. The Kier molecular flexibility index (Phi) is 4.28. The van der Waals surface area contributed by atoms with Crippen molar-refractivity contribution in [1.82, 2.24) is 9.55 Å². The highest BCUT2D eigenvalue weighted by Crippen LogP contribution is 2.36. The van der Waals surface area contributed by atoms with E-state index in [-0.39, 0.29) is 5.96 Å². The monoisotopic (exact) mass is 354 g/mol. The second kappa shape index (κ2) is 6.20. The Labute approximate surface area is 141 Å². The zero-order valence-electron chi connectivity index (χ0n) is 11.3. The van der Waals surface area contributed by atoms with E-state index < -0.39 is 0 Å². The molecule has 0 radical (unpaired) electrons. The first-order chi connectivity index (χ1) is 10.6. The summed E-state index contributed by atoms with van der Waals surface area (Å²) in [5, 5.41) is 9.56. The third-order valence-electron chi connectivity index (χ3n) is 3.06. The fourth-order valence-electron chi connectivity index (χ4n) is 2.16. The Morgan fingerprint density at radius 1 is 1.36 bits per heavy atom. The molecule has 0 atom stereocenters. The predicted molar refractivity (Wildman–Crippen MR) is 91.8 cm³/mol. The summed E-state index contributed by atoms with van der Waals surface area (Å²) in [6.45, 7) is 0.849. The van der Waals surface area contributed by atoms with Crippen molar-refractivity contribution in [2.24, 2.45) is 21.7 Å². The summed E-state index contributed by atoms with van der Waals surface area (Å²) in [5.41, 5.74) is 12.9. The van der Waals surface area contributed by atoms with Gasteiger partial charge in [0.1, 0.15) is 5.69 Å². The Balaban J connectivity index is 2.11. The number of hydrogen-bond acceptors (Lipinski definition) is 4. The largest absolute Gasteiger partial charge is 0.369 e. The number of benzene rings is 1. The van der Waals surface area contributed by atoms with Crippen LogP contribution in [0.1, 0.15) is 5.69 Å². The highest BCUT2D eigenvalue weighted by molar-refractivity contribution is 7.99. The molecule has 1 aromatic heterocycles. The van der Waals surface area contributed by atoms with Crippen molar-refractivity contribution in [3.63, 3.8) is 0 Å². The topological polar surface area (TPSA) is 94.6 Å². The number of imidazole rings is 1. The fraction of sp³-hybridized carbons (Fsp3) is 0.154. The number of guanidine groups is 1. The Hall–Kier alpha value is -1.70. The lowest BCUT2D eigenvalue weighted by Crippen LogP contribution is -2.21. The lowest BCUT2D eigenvalue weighted by molar-refractivity contribution is 0.715. The molecular formula is C13H12Cl2N6S. The number of thioether (sulfide) groups is 1. The van der Waals surface area contributed by atoms with Crippen molar-refractivity contribution >= 4 is 47.1 Å². The summed E-state index contributed by atoms with van der Waals surface area (Å²) in [6, 6.07) is 5.30. The molecule has 2 aromatic rings. The summed E-state index contributed by atoms with van der Waals surface area (Å²) in [4.78, 5) is 4.65. The maximum absolute atomic E-state index is 6.29. The number of aromatic nitrogens is 2. The third-order valence-corrected chi connectivity index (χ3v) is 4.56. The van der Waals surface area contributed by atoms with Gasteiger partial charge in [0.05, 0.1) is 16.9 Å². The first kappa shape index (κ1) is 15.2. The molecule has 22 heavy (non-hydrogen) atoms. The molecule has 3 rings (SSSR count). The highest BCUT2D eigenvalue weighted by Gasteiger charge is 2.22. The molecule has 1 aliphatic rings. The van der Waals surface area contributed by atoms with Crippen LogP contribution in [-0.2, 0) is 6.54 Å². The molecule has 0 aliphatic carbocycles. The molecule has 4 N–H and O–H groups in total. The van der Waals surface area contributed by atoms with Gasteiger partial charge < -0.3 is 16.0 Å². The van der Waals surface area contributed by atoms with Crippen molar-refractivity contribution < 1.29 is 0 Å². The van der Waals surface area contributed by atoms with Crippen LogP contribution in [0.5, 0.6) is 0 Å². The lowest BCUT2D eigenvalue weighted by Gasteiger charge is -2.05. The smallest absolute Gasteiger partial charge is 0.211 e. The number of fused-ring (bicyclic) bond motifs is 1. The molecule has 0 fully saturated rings. The summed E-state index contributed by atoms with van der Waals surface area (Å²) in [6.07, 6.45) is 1.59. The van der Waals surface area contributed by atoms with Gasteiger partial charge in [-0.2, -0.15) is 5.10 Å². The highest BCUT2D eigenvalue weighted by atomic mass is 35.5. The van der Waals surface area contributed by atoms with Crippen molar-refractivity contribution in [3.05, 3.63) is 33.9 Å². The van der Waals surface area contributed by atoms with Gasteiger partial charge in [-0.05, 0) is 18.2 Å². The van der Waals surface area contributed by atoms with Crippen molar-refractivity contribution in [2.75, 3.05) is 5.75 Å². The van der Waals surface area contributed by atoms with Crippen LogP contribution in [0.4, 0.5) is 0 Å².